The number of halogens is 1. The van der Waals surface area contributed by atoms with Crippen molar-refractivity contribution in [2.45, 2.75) is 39.2 Å². The summed E-state index contributed by atoms with van der Waals surface area (Å²) in [6.45, 7) is 5.37. The number of aryl methyl sites for hydroxylation is 1. The largest absolute Gasteiger partial charge is 0.303 e. The maximum atomic E-state index is 5.96. The first kappa shape index (κ1) is 14.6. The quantitative estimate of drug-likeness (QED) is 0.838. The monoisotopic (exact) mass is 303 g/mol. The topological polar surface area (TPSA) is 21.1 Å². The molecule has 21 heavy (non-hydrogen) atoms. The zero-order chi connectivity index (χ0) is 15.0. The molecule has 1 aromatic carbocycles. The molecule has 0 spiro atoms. The molecule has 4 heteroatoms. The van der Waals surface area contributed by atoms with Gasteiger partial charge in [0.1, 0.15) is 0 Å². The molecule has 0 saturated heterocycles. The summed E-state index contributed by atoms with van der Waals surface area (Å²) in [6, 6.07) is 8.67. The second kappa shape index (κ2) is 5.82. The number of rotatable bonds is 5. The molecule has 112 valence electrons. The predicted octanol–water partition coefficient (Wildman–Crippen LogP) is 3.78. The van der Waals surface area contributed by atoms with E-state index in [0.29, 0.717) is 0 Å². The fourth-order valence-corrected chi connectivity index (χ4v) is 2.98. The van der Waals surface area contributed by atoms with Crippen molar-refractivity contribution in [3.63, 3.8) is 0 Å². The molecule has 1 fully saturated rings. The fourth-order valence-electron chi connectivity index (χ4n) is 2.86. The third kappa shape index (κ3) is 3.14. The van der Waals surface area contributed by atoms with Gasteiger partial charge in [-0.1, -0.05) is 11.6 Å². The highest BCUT2D eigenvalue weighted by Crippen LogP contribution is 2.26. The minimum absolute atomic E-state index is 0.756. The summed E-state index contributed by atoms with van der Waals surface area (Å²) < 4.78 is 2.03. The second-order valence-corrected chi connectivity index (χ2v) is 6.44. The Labute approximate surface area is 131 Å². The third-order valence-electron chi connectivity index (χ3n) is 4.40. The minimum Gasteiger partial charge on any atom is -0.303 e. The van der Waals surface area contributed by atoms with Crippen LogP contribution < -0.4 is 0 Å². The van der Waals surface area contributed by atoms with Gasteiger partial charge in [0.05, 0.1) is 11.4 Å². The third-order valence-corrected chi connectivity index (χ3v) is 4.65. The van der Waals surface area contributed by atoms with E-state index in [-0.39, 0.29) is 0 Å². The van der Waals surface area contributed by atoms with Gasteiger partial charge in [-0.05, 0) is 70.0 Å². The van der Waals surface area contributed by atoms with E-state index in [1.165, 1.54) is 24.1 Å². The number of nitrogens with zero attached hydrogens (tertiary/aromatic N) is 3. The van der Waals surface area contributed by atoms with Gasteiger partial charge >= 0.3 is 0 Å². The lowest BCUT2D eigenvalue weighted by Gasteiger charge is -2.15. The van der Waals surface area contributed by atoms with Crippen molar-refractivity contribution in [3.05, 3.63) is 46.2 Å². The Morgan fingerprint density at radius 1 is 1.24 bits per heavy atom. The molecule has 0 amide bonds. The lowest BCUT2D eigenvalue weighted by molar-refractivity contribution is 0.328. The number of hydrogen-bond donors (Lipinski definition) is 0. The maximum absolute atomic E-state index is 5.96. The smallest absolute Gasteiger partial charge is 0.0649 e. The molecule has 1 aromatic heterocycles. The standard InChI is InChI=1S/C17H22ClN3/c1-12-17(10-11-20(3)15-8-9-15)13(2)21(19-12)16-6-4-14(18)5-7-16/h4-7,15H,8-11H2,1-3H3. The van der Waals surface area contributed by atoms with Crippen LogP contribution in [0.2, 0.25) is 5.02 Å². The van der Waals surface area contributed by atoms with E-state index >= 15 is 0 Å². The van der Waals surface area contributed by atoms with E-state index in [4.69, 9.17) is 16.7 Å². The van der Waals surface area contributed by atoms with Crippen molar-refractivity contribution in [3.8, 4) is 5.69 Å². The van der Waals surface area contributed by atoms with E-state index in [1.807, 2.05) is 28.9 Å². The normalized spacial score (nSPS) is 14.9. The SMILES string of the molecule is Cc1nn(-c2ccc(Cl)cc2)c(C)c1CCN(C)C1CC1. The van der Waals surface area contributed by atoms with Gasteiger partial charge in [0.25, 0.3) is 0 Å². The van der Waals surface area contributed by atoms with E-state index in [2.05, 4.69) is 25.8 Å². The van der Waals surface area contributed by atoms with Crippen LogP contribution in [0, 0.1) is 13.8 Å². The van der Waals surface area contributed by atoms with Crippen molar-refractivity contribution in [1.82, 2.24) is 14.7 Å². The van der Waals surface area contributed by atoms with E-state index in [0.717, 1.165) is 35.4 Å². The Morgan fingerprint density at radius 2 is 1.90 bits per heavy atom. The van der Waals surface area contributed by atoms with Crippen LogP contribution in [0.1, 0.15) is 29.8 Å². The van der Waals surface area contributed by atoms with E-state index in [1.54, 1.807) is 0 Å². The maximum Gasteiger partial charge on any atom is 0.0649 e. The molecule has 1 saturated carbocycles. The first-order chi connectivity index (χ1) is 10.1. The molecule has 3 nitrogen and oxygen atoms in total. The molecule has 1 aliphatic rings. The second-order valence-electron chi connectivity index (χ2n) is 6.00. The first-order valence-electron chi connectivity index (χ1n) is 7.57. The molecule has 2 aromatic rings. The average molecular weight is 304 g/mol. The van der Waals surface area contributed by atoms with Crippen LogP contribution in [0.4, 0.5) is 0 Å². The van der Waals surface area contributed by atoms with Crippen molar-refractivity contribution in [2.24, 2.45) is 0 Å². The molecule has 0 unspecified atom stereocenters. The Morgan fingerprint density at radius 3 is 2.52 bits per heavy atom. The Kier molecular flexibility index (Phi) is 4.05. The van der Waals surface area contributed by atoms with Gasteiger partial charge < -0.3 is 4.90 Å². The van der Waals surface area contributed by atoms with Crippen molar-refractivity contribution >= 4 is 11.6 Å². The Balaban J connectivity index is 1.80. The van der Waals surface area contributed by atoms with Crippen molar-refractivity contribution in [2.75, 3.05) is 13.6 Å². The molecule has 0 radical (unpaired) electrons. The van der Waals surface area contributed by atoms with Crippen molar-refractivity contribution in [1.29, 1.82) is 0 Å². The molecule has 0 N–H and O–H groups in total. The van der Waals surface area contributed by atoms with Crippen LogP contribution in [0.25, 0.3) is 5.69 Å². The van der Waals surface area contributed by atoms with Crippen LogP contribution in [-0.2, 0) is 6.42 Å². The summed E-state index contributed by atoms with van der Waals surface area (Å²) >= 11 is 5.96. The predicted molar refractivity (Wildman–Crippen MR) is 87.4 cm³/mol. The average Bonchev–Trinajstić information content (AvgIpc) is 3.26. The van der Waals surface area contributed by atoms with Crippen LogP contribution in [0.5, 0.6) is 0 Å². The molecule has 1 heterocycles. The van der Waals surface area contributed by atoms with Gasteiger partial charge in [-0.2, -0.15) is 5.10 Å². The minimum atomic E-state index is 0.756. The summed E-state index contributed by atoms with van der Waals surface area (Å²) in [7, 11) is 2.23. The highest BCUT2D eigenvalue weighted by atomic mass is 35.5. The highest BCUT2D eigenvalue weighted by molar-refractivity contribution is 6.30. The van der Waals surface area contributed by atoms with E-state index in [9.17, 15) is 0 Å². The lowest BCUT2D eigenvalue weighted by atomic mass is 10.1. The summed E-state index contributed by atoms with van der Waals surface area (Å²) in [5, 5.41) is 5.46. The van der Waals surface area contributed by atoms with Crippen LogP contribution >= 0.6 is 11.6 Å². The van der Waals surface area contributed by atoms with Crippen LogP contribution in [0.3, 0.4) is 0 Å². The molecular formula is C17H22ClN3. The number of benzene rings is 1. The molecule has 0 atom stereocenters. The highest BCUT2D eigenvalue weighted by Gasteiger charge is 2.26. The molecule has 0 bridgehead atoms. The molecule has 1 aliphatic carbocycles. The van der Waals surface area contributed by atoms with Gasteiger partial charge in [-0.25, -0.2) is 4.68 Å². The summed E-state index contributed by atoms with van der Waals surface area (Å²) in [5.74, 6) is 0. The first-order valence-corrected chi connectivity index (χ1v) is 7.95. The van der Waals surface area contributed by atoms with Gasteiger partial charge in [0, 0.05) is 23.3 Å². The van der Waals surface area contributed by atoms with Crippen LogP contribution in [-0.4, -0.2) is 34.3 Å². The Bertz CT molecular complexity index is 626. The lowest BCUT2D eigenvalue weighted by Crippen LogP contribution is -2.23. The van der Waals surface area contributed by atoms with Gasteiger partial charge in [0.2, 0.25) is 0 Å². The molecular weight excluding hydrogens is 282 g/mol. The number of likely N-dealkylation sites (N-methyl/N-ethyl adjacent to an activating group) is 1. The van der Waals surface area contributed by atoms with Gasteiger partial charge in [0.15, 0.2) is 0 Å². The fraction of sp³-hybridized carbons (Fsp3) is 0.471. The van der Waals surface area contributed by atoms with Gasteiger partial charge in [-0.15, -0.1) is 0 Å². The summed E-state index contributed by atoms with van der Waals surface area (Å²) in [6.07, 6.45) is 3.79. The summed E-state index contributed by atoms with van der Waals surface area (Å²) in [5.41, 5.74) is 4.81. The van der Waals surface area contributed by atoms with Gasteiger partial charge in [-0.3, -0.25) is 0 Å². The summed E-state index contributed by atoms with van der Waals surface area (Å²) in [4.78, 5) is 2.47. The molecule has 0 aliphatic heterocycles. The van der Waals surface area contributed by atoms with Crippen LogP contribution in [0.15, 0.2) is 24.3 Å². The molecule has 3 rings (SSSR count). The van der Waals surface area contributed by atoms with E-state index < -0.39 is 0 Å². The van der Waals surface area contributed by atoms with Crippen molar-refractivity contribution < 1.29 is 0 Å². The number of hydrogen-bond acceptors (Lipinski definition) is 2. The Hall–Kier alpha value is -1.32. The zero-order valence-corrected chi connectivity index (χ0v) is 13.7. The zero-order valence-electron chi connectivity index (χ0n) is 12.9. The number of aromatic nitrogens is 2.